The molecule has 0 atom stereocenters. The topological polar surface area (TPSA) is 127 Å². The Hall–Kier alpha value is -3.22. The number of nitrogens with one attached hydrogen (secondary N) is 2. The van der Waals surface area contributed by atoms with Crippen molar-refractivity contribution < 1.29 is 27.7 Å². The van der Waals surface area contributed by atoms with Gasteiger partial charge in [0.25, 0.3) is 11.6 Å². The molecule has 2 N–H and O–H groups in total. The van der Waals surface area contributed by atoms with E-state index >= 15 is 0 Å². The zero-order valence-corrected chi connectivity index (χ0v) is 14.0. The van der Waals surface area contributed by atoms with E-state index in [0.717, 1.165) is 12.3 Å². The highest BCUT2D eigenvalue weighted by molar-refractivity contribution is 7.99. The fourth-order valence-corrected chi connectivity index (χ4v) is 2.32. The van der Waals surface area contributed by atoms with Crippen LogP contribution in [0.5, 0.6) is 0 Å². The van der Waals surface area contributed by atoms with Crippen LogP contribution in [0.15, 0.2) is 41.7 Å². The Morgan fingerprint density at radius 1 is 1.22 bits per heavy atom. The fraction of sp³-hybridized carbons (Fsp3) is 0.143. The monoisotopic (exact) mass is 401 g/mol. The molecule has 0 fully saturated rings. The molecule has 0 bridgehead atoms. The van der Waals surface area contributed by atoms with E-state index in [9.17, 15) is 32.9 Å². The van der Waals surface area contributed by atoms with Crippen LogP contribution in [0.4, 0.5) is 18.9 Å². The minimum atomic E-state index is -4.63. The SMILES string of the molecule is O=C(CSc1nccc(C(F)(F)F)n1)NNC(=O)c1cccc([N+](=O)[O-])c1. The summed E-state index contributed by atoms with van der Waals surface area (Å²) < 4.78 is 37.6. The molecule has 1 heterocycles. The van der Waals surface area contributed by atoms with Crippen molar-refractivity contribution in [3.63, 3.8) is 0 Å². The molecule has 0 aliphatic heterocycles. The molecule has 2 rings (SSSR count). The van der Waals surface area contributed by atoms with Crippen molar-refractivity contribution >= 4 is 29.3 Å². The fourth-order valence-electron chi connectivity index (χ4n) is 1.69. The third-order valence-corrected chi connectivity index (χ3v) is 3.75. The van der Waals surface area contributed by atoms with Gasteiger partial charge in [0.05, 0.1) is 10.7 Å². The van der Waals surface area contributed by atoms with Gasteiger partial charge in [-0.3, -0.25) is 30.6 Å². The highest BCUT2D eigenvalue weighted by Gasteiger charge is 2.32. The summed E-state index contributed by atoms with van der Waals surface area (Å²) in [5.74, 6) is -1.90. The summed E-state index contributed by atoms with van der Waals surface area (Å²) in [6.07, 6.45) is -3.72. The van der Waals surface area contributed by atoms with Gasteiger partial charge in [-0.05, 0) is 12.1 Å². The van der Waals surface area contributed by atoms with Crippen molar-refractivity contribution in [2.75, 3.05) is 5.75 Å². The second-order valence-electron chi connectivity index (χ2n) is 4.82. The molecule has 13 heteroatoms. The molecule has 0 radical (unpaired) electrons. The second-order valence-corrected chi connectivity index (χ2v) is 5.76. The highest BCUT2D eigenvalue weighted by Crippen LogP contribution is 2.28. The maximum atomic E-state index is 12.5. The number of thioether (sulfide) groups is 1. The van der Waals surface area contributed by atoms with Gasteiger partial charge in [0.2, 0.25) is 5.91 Å². The second kappa shape index (κ2) is 8.44. The molecule has 27 heavy (non-hydrogen) atoms. The van der Waals surface area contributed by atoms with Crippen LogP contribution >= 0.6 is 11.8 Å². The lowest BCUT2D eigenvalue weighted by Crippen LogP contribution is -2.42. The number of alkyl halides is 3. The Balaban J connectivity index is 1.87. The molecule has 0 saturated heterocycles. The van der Waals surface area contributed by atoms with Crippen LogP contribution < -0.4 is 10.9 Å². The van der Waals surface area contributed by atoms with E-state index in [0.29, 0.717) is 17.8 Å². The van der Waals surface area contributed by atoms with Crippen molar-refractivity contribution in [3.8, 4) is 0 Å². The number of carbonyl (C=O) groups excluding carboxylic acids is 2. The Morgan fingerprint density at radius 2 is 1.96 bits per heavy atom. The first kappa shape index (κ1) is 20.1. The molecule has 9 nitrogen and oxygen atoms in total. The van der Waals surface area contributed by atoms with Crippen LogP contribution in [-0.4, -0.2) is 32.5 Å². The van der Waals surface area contributed by atoms with E-state index in [-0.39, 0.29) is 22.2 Å². The summed E-state index contributed by atoms with van der Waals surface area (Å²) >= 11 is 0.638. The number of halogens is 3. The molecular formula is C14H10F3N5O4S. The molecule has 1 aromatic carbocycles. The Kier molecular flexibility index (Phi) is 6.28. The molecule has 0 unspecified atom stereocenters. The van der Waals surface area contributed by atoms with E-state index < -0.39 is 28.6 Å². The van der Waals surface area contributed by atoms with Gasteiger partial charge in [0.15, 0.2) is 5.16 Å². The summed E-state index contributed by atoms with van der Waals surface area (Å²) in [6, 6.07) is 5.52. The molecule has 142 valence electrons. The van der Waals surface area contributed by atoms with Gasteiger partial charge in [-0.1, -0.05) is 17.8 Å². The number of nitrogens with zero attached hydrogens (tertiary/aromatic N) is 3. The van der Waals surface area contributed by atoms with E-state index in [1.54, 1.807) is 0 Å². The van der Waals surface area contributed by atoms with Crippen molar-refractivity contribution in [2.45, 2.75) is 11.3 Å². The maximum absolute atomic E-state index is 12.5. The van der Waals surface area contributed by atoms with Gasteiger partial charge < -0.3 is 0 Å². The van der Waals surface area contributed by atoms with E-state index in [2.05, 4.69) is 9.97 Å². The molecule has 2 aromatic rings. The number of carbonyl (C=O) groups is 2. The molecular weight excluding hydrogens is 391 g/mol. The van der Waals surface area contributed by atoms with Gasteiger partial charge in [0, 0.05) is 23.9 Å². The quantitative estimate of drug-likeness (QED) is 0.339. The predicted molar refractivity (Wildman–Crippen MR) is 86.5 cm³/mol. The lowest BCUT2D eigenvalue weighted by atomic mass is 10.2. The summed E-state index contributed by atoms with van der Waals surface area (Å²) in [4.78, 5) is 40.4. The van der Waals surface area contributed by atoms with Crippen molar-refractivity contribution in [1.82, 2.24) is 20.8 Å². The molecule has 2 amide bonds. The zero-order valence-electron chi connectivity index (χ0n) is 13.2. The Morgan fingerprint density at radius 3 is 2.63 bits per heavy atom. The number of amides is 2. The average Bonchev–Trinajstić information content (AvgIpc) is 2.64. The first-order chi connectivity index (χ1) is 12.7. The number of non-ortho nitro benzene ring substituents is 1. The Bertz CT molecular complexity index is 878. The zero-order chi connectivity index (χ0) is 20.0. The number of aromatic nitrogens is 2. The van der Waals surface area contributed by atoms with E-state index in [4.69, 9.17) is 0 Å². The molecule has 1 aromatic heterocycles. The smallest absolute Gasteiger partial charge is 0.272 e. The van der Waals surface area contributed by atoms with Crippen LogP contribution in [-0.2, 0) is 11.0 Å². The number of hydrogen-bond donors (Lipinski definition) is 2. The van der Waals surface area contributed by atoms with Gasteiger partial charge in [-0.2, -0.15) is 13.2 Å². The number of benzene rings is 1. The van der Waals surface area contributed by atoms with Crippen molar-refractivity contribution in [2.24, 2.45) is 0 Å². The summed E-state index contributed by atoms with van der Waals surface area (Å²) in [5, 5.41) is 10.4. The van der Waals surface area contributed by atoms with Gasteiger partial charge in [-0.25, -0.2) is 9.97 Å². The summed E-state index contributed by atoms with van der Waals surface area (Å²) in [5.41, 5.74) is 2.58. The van der Waals surface area contributed by atoms with Crippen LogP contribution in [0.2, 0.25) is 0 Å². The lowest BCUT2D eigenvalue weighted by molar-refractivity contribution is -0.384. The van der Waals surface area contributed by atoms with Crippen LogP contribution in [0.1, 0.15) is 16.1 Å². The van der Waals surface area contributed by atoms with Crippen LogP contribution in [0.3, 0.4) is 0 Å². The third-order valence-electron chi connectivity index (χ3n) is 2.89. The summed E-state index contributed by atoms with van der Waals surface area (Å²) in [6.45, 7) is 0. The molecule has 0 aliphatic rings. The number of rotatable bonds is 5. The van der Waals surface area contributed by atoms with Gasteiger partial charge in [0.1, 0.15) is 5.69 Å². The largest absolute Gasteiger partial charge is 0.433 e. The minimum Gasteiger partial charge on any atom is -0.272 e. The number of hydrazine groups is 1. The predicted octanol–water partition coefficient (Wildman–Crippen LogP) is 1.96. The number of nitro benzene ring substituents is 1. The Labute approximate surface area is 153 Å². The van der Waals surface area contributed by atoms with Gasteiger partial charge >= 0.3 is 6.18 Å². The van der Waals surface area contributed by atoms with E-state index in [1.165, 1.54) is 18.2 Å². The maximum Gasteiger partial charge on any atom is 0.433 e. The minimum absolute atomic E-state index is 0.0571. The first-order valence-electron chi connectivity index (χ1n) is 7.03. The lowest BCUT2D eigenvalue weighted by Gasteiger charge is -2.08. The number of hydrogen-bond acceptors (Lipinski definition) is 7. The standard InChI is InChI=1S/C14H10F3N5O4S/c15-14(16,17)10-4-5-18-13(19-10)27-7-11(23)20-21-12(24)8-2-1-3-9(6-8)22(25)26/h1-6H,7H2,(H,20,23)(H,21,24). The third kappa shape index (κ3) is 5.91. The highest BCUT2D eigenvalue weighted by atomic mass is 32.2. The van der Waals surface area contributed by atoms with Gasteiger partial charge in [-0.15, -0.1) is 0 Å². The van der Waals surface area contributed by atoms with Crippen molar-refractivity contribution in [3.05, 3.63) is 57.9 Å². The van der Waals surface area contributed by atoms with Crippen LogP contribution in [0, 0.1) is 10.1 Å². The molecule has 0 aliphatic carbocycles. The normalized spacial score (nSPS) is 10.9. The first-order valence-corrected chi connectivity index (χ1v) is 8.02. The van der Waals surface area contributed by atoms with Crippen molar-refractivity contribution in [1.29, 1.82) is 0 Å². The molecule has 0 spiro atoms. The van der Waals surface area contributed by atoms with Crippen LogP contribution in [0.25, 0.3) is 0 Å². The summed E-state index contributed by atoms with van der Waals surface area (Å²) in [7, 11) is 0. The number of nitro groups is 1. The molecule has 0 saturated carbocycles. The average molecular weight is 401 g/mol. The van der Waals surface area contributed by atoms with E-state index in [1.807, 2.05) is 10.9 Å².